The molecule has 1 atom stereocenters. The zero-order chi connectivity index (χ0) is 22.4. The van der Waals surface area contributed by atoms with Crippen molar-refractivity contribution in [3.8, 4) is 0 Å². The summed E-state index contributed by atoms with van der Waals surface area (Å²) >= 11 is 6.54. The smallest absolute Gasteiger partial charge is 0.434 e. The van der Waals surface area contributed by atoms with Crippen LogP contribution in [0.5, 0.6) is 0 Å². The van der Waals surface area contributed by atoms with Gasteiger partial charge in [0.25, 0.3) is 0 Å². The van der Waals surface area contributed by atoms with Crippen LogP contribution in [0.4, 0.5) is 10.6 Å². The summed E-state index contributed by atoms with van der Waals surface area (Å²) in [4.78, 5) is 25.5. The van der Waals surface area contributed by atoms with E-state index in [0.29, 0.717) is 35.0 Å². The standard InChI is InChI=1S/C23H28ClN3O4/c1-4-7-13-31-23(29)27-14-16-19(15-11-8-9-12-17(15)24)20(22(28)30-6-3)18(10-5-2)25-21(16)26-27/h8-9,11-12,14,19H,4-7,10,13H2,1-3H3,(H,25,26). The minimum absolute atomic E-state index is 0.257. The molecule has 7 nitrogen and oxygen atoms in total. The monoisotopic (exact) mass is 445 g/mol. The fourth-order valence-electron chi connectivity index (χ4n) is 3.63. The number of fused-ring (bicyclic) bond motifs is 1. The molecule has 1 aliphatic heterocycles. The molecular weight excluding hydrogens is 418 g/mol. The van der Waals surface area contributed by atoms with Crippen molar-refractivity contribution in [1.82, 2.24) is 9.78 Å². The van der Waals surface area contributed by atoms with Gasteiger partial charge in [0.15, 0.2) is 5.82 Å². The molecule has 2 aromatic rings. The number of nitrogens with one attached hydrogen (secondary N) is 1. The molecule has 0 bridgehead atoms. The highest BCUT2D eigenvalue weighted by molar-refractivity contribution is 6.31. The van der Waals surface area contributed by atoms with E-state index in [0.717, 1.165) is 30.5 Å². The molecule has 0 radical (unpaired) electrons. The SMILES string of the molecule is CCCCOC(=O)n1cc2c(n1)NC(CCC)=C(C(=O)OCC)C2c1ccccc1Cl. The first-order valence-electron chi connectivity index (χ1n) is 10.7. The number of ether oxygens (including phenoxy) is 2. The molecule has 1 aromatic heterocycles. The van der Waals surface area contributed by atoms with E-state index in [9.17, 15) is 9.59 Å². The van der Waals surface area contributed by atoms with Crippen molar-refractivity contribution in [2.24, 2.45) is 0 Å². The molecule has 1 N–H and O–H groups in total. The predicted octanol–water partition coefficient (Wildman–Crippen LogP) is 5.50. The predicted molar refractivity (Wildman–Crippen MR) is 119 cm³/mol. The number of benzene rings is 1. The molecule has 31 heavy (non-hydrogen) atoms. The minimum atomic E-state index is -0.558. The topological polar surface area (TPSA) is 82.5 Å². The summed E-state index contributed by atoms with van der Waals surface area (Å²) in [6.45, 7) is 6.41. The maximum absolute atomic E-state index is 13.0. The van der Waals surface area contributed by atoms with E-state index in [1.807, 2.05) is 32.0 Å². The number of rotatable bonds is 8. The maximum atomic E-state index is 13.0. The zero-order valence-electron chi connectivity index (χ0n) is 18.1. The van der Waals surface area contributed by atoms with Gasteiger partial charge in [-0.2, -0.15) is 4.68 Å². The zero-order valence-corrected chi connectivity index (χ0v) is 18.9. The molecule has 0 aliphatic carbocycles. The van der Waals surface area contributed by atoms with Gasteiger partial charge in [-0.3, -0.25) is 0 Å². The van der Waals surface area contributed by atoms with Crippen LogP contribution in [0.15, 0.2) is 41.7 Å². The Hall–Kier alpha value is -2.80. The Bertz CT molecular complexity index is 983. The normalized spacial score (nSPS) is 15.3. The van der Waals surface area contributed by atoms with Gasteiger partial charge in [0, 0.05) is 28.4 Å². The third-order valence-corrected chi connectivity index (χ3v) is 5.40. The summed E-state index contributed by atoms with van der Waals surface area (Å²) in [5.74, 6) is -0.413. The van der Waals surface area contributed by atoms with Crippen LogP contribution in [0.2, 0.25) is 5.02 Å². The molecule has 0 fully saturated rings. The van der Waals surface area contributed by atoms with Crippen molar-refractivity contribution in [1.29, 1.82) is 0 Å². The Morgan fingerprint density at radius 1 is 1.13 bits per heavy atom. The highest BCUT2D eigenvalue weighted by Gasteiger charge is 2.37. The van der Waals surface area contributed by atoms with Gasteiger partial charge in [-0.25, -0.2) is 9.59 Å². The van der Waals surface area contributed by atoms with Crippen LogP contribution in [-0.2, 0) is 14.3 Å². The first-order valence-corrected chi connectivity index (χ1v) is 11.1. The third-order valence-electron chi connectivity index (χ3n) is 5.06. The van der Waals surface area contributed by atoms with Crippen molar-refractivity contribution in [2.75, 3.05) is 18.5 Å². The van der Waals surface area contributed by atoms with Crippen LogP contribution in [0, 0.1) is 0 Å². The van der Waals surface area contributed by atoms with Crippen molar-refractivity contribution in [3.05, 3.63) is 57.9 Å². The molecule has 166 valence electrons. The van der Waals surface area contributed by atoms with E-state index in [-0.39, 0.29) is 6.61 Å². The van der Waals surface area contributed by atoms with Gasteiger partial charge in [0.05, 0.1) is 18.8 Å². The van der Waals surface area contributed by atoms with E-state index in [1.54, 1.807) is 19.2 Å². The second kappa shape index (κ2) is 10.5. The molecule has 0 amide bonds. The number of halogens is 1. The summed E-state index contributed by atoms with van der Waals surface area (Å²) in [6.07, 6.45) is 4.19. The summed E-state index contributed by atoms with van der Waals surface area (Å²) in [7, 11) is 0. The summed E-state index contributed by atoms with van der Waals surface area (Å²) in [5.41, 5.74) is 2.64. The number of anilines is 1. The summed E-state index contributed by atoms with van der Waals surface area (Å²) < 4.78 is 11.9. The second-order valence-electron chi connectivity index (χ2n) is 7.29. The Balaban J connectivity index is 2.11. The number of carbonyl (C=O) groups excluding carboxylic acids is 2. The molecule has 0 saturated carbocycles. The molecule has 1 aromatic carbocycles. The average molecular weight is 446 g/mol. The minimum Gasteiger partial charge on any atom is -0.463 e. The molecule has 1 unspecified atom stereocenters. The van der Waals surface area contributed by atoms with Crippen LogP contribution >= 0.6 is 11.6 Å². The Morgan fingerprint density at radius 2 is 1.90 bits per heavy atom. The highest BCUT2D eigenvalue weighted by Crippen LogP contribution is 2.44. The van der Waals surface area contributed by atoms with Crippen molar-refractivity contribution in [3.63, 3.8) is 0 Å². The quantitative estimate of drug-likeness (QED) is 0.427. The van der Waals surface area contributed by atoms with Gasteiger partial charge in [-0.05, 0) is 31.4 Å². The lowest BCUT2D eigenvalue weighted by atomic mass is 9.82. The van der Waals surface area contributed by atoms with Gasteiger partial charge < -0.3 is 14.8 Å². The van der Waals surface area contributed by atoms with E-state index in [2.05, 4.69) is 10.4 Å². The van der Waals surface area contributed by atoms with E-state index >= 15 is 0 Å². The lowest BCUT2D eigenvalue weighted by molar-refractivity contribution is -0.138. The lowest BCUT2D eigenvalue weighted by Gasteiger charge is -2.28. The van der Waals surface area contributed by atoms with Gasteiger partial charge in [-0.1, -0.05) is 56.5 Å². The van der Waals surface area contributed by atoms with Gasteiger partial charge >= 0.3 is 12.1 Å². The van der Waals surface area contributed by atoms with Crippen molar-refractivity contribution >= 4 is 29.5 Å². The molecule has 0 spiro atoms. The Labute approximate surface area is 187 Å². The van der Waals surface area contributed by atoms with Crippen LogP contribution < -0.4 is 5.32 Å². The number of unbranched alkanes of at least 4 members (excludes halogenated alkanes) is 1. The van der Waals surface area contributed by atoms with Crippen LogP contribution in [0.3, 0.4) is 0 Å². The van der Waals surface area contributed by atoms with Crippen molar-refractivity contribution in [2.45, 2.75) is 52.4 Å². The first-order chi connectivity index (χ1) is 15.0. The van der Waals surface area contributed by atoms with Crippen molar-refractivity contribution < 1.29 is 19.1 Å². The summed E-state index contributed by atoms with van der Waals surface area (Å²) in [5, 5.41) is 8.18. The van der Waals surface area contributed by atoms with Gasteiger partial charge in [0.1, 0.15) is 0 Å². The number of hydrogen-bond donors (Lipinski definition) is 1. The largest absolute Gasteiger partial charge is 0.463 e. The maximum Gasteiger partial charge on any atom is 0.434 e. The van der Waals surface area contributed by atoms with E-state index in [1.165, 1.54) is 4.68 Å². The number of allylic oxidation sites excluding steroid dienone is 1. The molecule has 3 rings (SSSR count). The Morgan fingerprint density at radius 3 is 2.58 bits per heavy atom. The number of aromatic nitrogens is 2. The first kappa shape index (κ1) is 22.9. The van der Waals surface area contributed by atoms with Gasteiger partial charge in [-0.15, -0.1) is 5.10 Å². The summed E-state index contributed by atoms with van der Waals surface area (Å²) in [6, 6.07) is 7.36. The van der Waals surface area contributed by atoms with Crippen LogP contribution in [0.25, 0.3) is 0 Å². The molecule has 8 heteroatoms. The fourth-order valence-corrected chi connectivity index (χ4v) is 3.87. The fraction of sp³-hybridized carbons (Fsp3) is 0.435. The lowest BCUT2D eigenvalue weighted by Crippen LogP contribution is -2.25. The van der Waals surface area contributed by atoms with Gasteiger partial charge in [0.2, 0.25) is 0 Å². The number of carbonyl (C=O) groups is 2. The van der Waals surface area contributed by atoms with E-state index in [4.69, 9.17) is 21.1 Å². The number of esters is 1. The highest BCUT2D eigenvalue weighted by atomic mass is 35.5. The molecule has 0 saturated heterocycles. The molecule has 1 aliphatic rings. The molecule has 2 heterocycles. The average Bonchev–Trinajstić information content (AvgIpc) is 3.18. The number of nitrogens with zero attached hydrogens (tertiary/aromatic N) is 2. The van der Waals surface area contributed by atoms with Crippen LogP contribution in [0.1, 0.15) is 63.5 Å². The number of hydrogen-bond acceptors (Lipinski definition) is 6. The Kier molecular flexibility index (Phi) is 7.74. The van der Waals surface area contributed by atoms with Crippen LogP contribution in [-0.4, -0.2) is 35.1 Å². The molecular formula is C23H28ClN3O4. The second-order valence-corrected chi connectivity index (χ2v) is 7.69. The van der Waals surface area contributed by atoms with E-state index < -0.39 is 18.0 Å². The third kappa shape index (κ3) is 4.93.